The van der Waals surface area contributed by atoms with Gasteiger partial charge >= 0.3 is 0 Å². The van der Waals surface area contributed by atoms with Crippen molar-refractivity contribution in [3.8, 4) is 5.69 Å². The van der Waals surface area contributed by atoms with Crippen molar-refractivity contribution in [3.63, 3.8) is 0 Å². The molecule has 0 fully saturated rings. The molecule has 5 heteroatoms. The first-order valence-corrected chi connectivity index (χ1v) is 11.2. The first-order valence-electron chi connectivity index (χ1n) is 11.2. The maximum atomic E-state index is 13.6. The van der Waals surface area contributed by atoms with E-state index in [9.17, 15) is 9.59 Å². The van der Waals surface area contributed by atoms with Gasteiger partial charge in [-0.05, 0) is 56.5 Å². The Bertz CT molecular complexity index is 1130. The SMILES string of the molecule is CCCCCCC(=O)N(C)C(C)c1nc2ccccc2c(=O)n1-c1cc(C)ccc1C. The van der Waals surface area contributed by atoms with Gasteiger partial charge in [0.25, 0.3) is 5.56 Å². The summed E-state index contributed by atoms with van der Waals surface area (Å²) < 4.78 is 1.69. The van der Waals surface area contributed by atoms with E-state index in [0.29, 0.717) is 23.1 Å². The molecule has 0 aliphatic rings. The molecule has 1 unspecified atom stereocenters. The third-order valence-corrected chi connectivity index (χ3v) is 6.00. The zero-order chi connectivity index (χ0) is 22.5. The van der Waals surface area contributed by atoms with Crippen LogP contribution >= 0.6 is 0 Å². The molecule has 1 amide bonds. The topological polar surface area (TPSA) is 55.2 Å². The van der Waals surface area contributed by atoms with Crippen molar-refractivity contribution in [1.82, 2.24) is 14.5 Å². The third kappa shape index (κ3) is 4.87. The Morgan fingerprint density at radius 3 is 2.58 bits per heavy atom. The largest absolute Gasteiger partial charge is 0.336 e. The average molecular weight is 420 g/mol. The lowest BCUT2D eigenvalue weighted by atomic mass is 10.1. The molecule has 0 saturated heterocycles. The van der Waals surface area contributed by atoms with Gasteiger partial charge in [-0.25, -0.2) is 4.98 Å². The maximum absolute atomic E-state index is 13.6. The molecular weight excluding hydrogens is 386 g/mol. The Labute approximate surface area is 184 Å². The van der Waals surface area contributed by atoms with E-state index in [1.54, 1.807) is 9.47 Å². The van der Waals surface area contributed by atoms with Crippen LogP contribution < -0.4 is 5.56 Å². The van der Waals surface area contributed by atoms with Gasteiger partial charge in [0.2, 0.25) is 5.91 Å². The quantitative estimate of drug-likeness (QED) is 0.454. The number of hydrogen-bond donors (Lipinski definition) is 0. The van der Waals surface area contributed by atoms with E-state index < -0.39 is 0 Å². The minimum Gasteiger partial charge on any atom is -0.336 e. The van der Waals surface area contributed by atoms with Crippen LogP contribution in [0.4, 0.5) is 0 Å². The van der Waals surface area contributed by atoms with Gasteiger partial charge in [-0.1, -0.05) is 50.5 Å². The Morgan fingerprint density at radius 2 is 1.84 bits per heavy atom. The number of amides is 1. The number of carbonyl (C=O) groups excluding carboxylic acids is 1. The lowest BCUT2D eigenvalue weighted by molar-refractivity contribution is -0.132. The van der Waals surface area contributed by atoms with Crippen molar-refractivity contribution >= 4 is 16.8 Å². The molecule has 2 aromatic carbocycles. The van der Waals surface area contributed by atoms with Crippen LogP contribution in [-0.2, 0) is 4.79 Å². The van der Waals surface area contributed by atoms with Crippen LogP contribution in [0.25, 0.3) is 16.6 Å². The highest BCUT2D eigenvalue weighted by Gasteiger charge is 2.24. The van der Waals surface area contributed by atoms with E-state index in [2.05, 4.69) is 6.92 Å². The zero-order valence-electron chi connectivity index (χ0n) is 19.3. The normalized spacial score (nSPS) is 12.2. The van der Waals surface area contributed by atoms with Crippen LogP contribution in [0.3, 0.4) is 0 Å². The molecule has 5 nitrogen and oxygen atoms in total. The molecule has 0 saturated carbocycles. The number of para-hydroxylation sites is 1. The lowest BCUT2D eigenvalue weighted by Crippen LogP contribution is -2.35. The van der Waals surface area contributed by atoms with Crippen LogP contribution in [0.1, 0.15) is 68.9 Å². The minimum absolute atomic E-state index is 0.0820. The molecular formula is C26H33N3O2. The van der Waals surface area contributed by atoms with Crippen molar-refractivity contribution in [1.29, 1.82) is 0 Å². The molecule has 1 atom stereocenters. The number of hydrogen-bond acceptors (Lipinski definition) is 3. The van der Waals surface area contributed by atoms with E-state index in [-0.39, 0.29) is 17.5 Å². The summed E-state index contributed by atoms with van der Waals surface area (Å²) in [6, 6.07) is 13.1. The Morgan fingerprint density at radius 1 is 1.10 bits per heavy atom. The van der Waals surface area contributed by atoms with Crippen molar-refractivity contribution in [2.75, 3.05) is 7.05 Å². The van der Waals surface area contributed by atoms with Gasteiger partial charge < -0.3 is 4.90 Å². The Hall–Kier alpha value is -2.95. The molecule has 0 aliphatic carbocycles. The standard InChI is InChI=1S/C26H33N3O2/c1-6-7-8-9-14-24(30)28(5)20(4)25-27-22-13-11-10-12-21(22)26(31)29(25)23-17-18(2)15-16-19(23)3/h10-13,15-17,20H,6-9,14H2,1-5H3. The second-order valence-electron chi connectivity index (χ2n) is 8.41. The second-order valence-corrected chi connectivity index (χ2v) is 8.41. The van der Waals surface area contributed by atoms with Crippen LogP contribution in [0.5, 0.6) is 0 Å². The fourth-order valence-electron chi connectivity index (χ4n) is 3.89. The van der Waals surface area contributed by atoms with Crippen molar-refractivity contribution in [2.24, 2.45) is 0 Å². The summed E-state index contributed by atoms with van der Waals surface area (Å²) in [6.45, 7) is 8.11. The van der Waals surface area contributed by atoms with Crippen LogP contribution in [0.15, 0.2) is 47.3 Å². The van der Waals surface area contributed by atoms with E-state index in [1.165, 1.54) is 0 Å². The lowest BCUT2D eigenvalue weighted by Gasteiger charge is -2.27. The number of rotatable bonds is 8. The molecule has 1 aromatic heterocycles. The van der Waals surface area contributed by atoms with Crippen molar-refractivity contribution < 1.29 is 4.79 Å². The van der Waals surface area contributed by atoms with E-state index >= 15 is 0 Å². The number of unbranched alkanes of at least 4 members (excludes halogenated alkanes) is 3. The van der Waals surface area contributed by atoms with E-state index in [0.717, 1.165) is 42.5 Å². The van der Waals surface area contributed by atoms with Crippen LogP contribution in [0, 0.1) is 13.8 Å². The smallest absolute Gasteiger partial charge is 0.266 e. The van der Waals surface area contributed by atoms with Gasteiger partial charge in [-0.15, -0.1) is 0 Å². The second kappa shape index (κ2) is 9.90. The first kappa shape index (κ1) is 22.7. The van der Waals surface area contributed by atoms with Gasteiger partial charge in [0.15, 0.2) is 0 Å². The molecule has 164 valence electrons. The summed E-state index contributed by atoms with van der Waals surface area (Å²) in [5, 5.41) is 0.577. The maximum Gasteiger partial charge on any atom is 0.266 e. The summed E-state index contributed by atoms with van der Waals surface area (Å²) in [6.07, 6.45) is 4.75. The number of fused-ring (bicyclic) bond motifs is 1. The van der Waals surface area contributed by atoms with Gasteiger partial charge in [0.05, 0.1) is 22.6 Å². The van der Waals surface area contributed by atoms with Crippen LogP contribution in [-0.4, -0.2) is 27.4 Å². The fraction of sp³-hybridized carbons (Fsp3) is 0.423. The highest BCUT2D eigenvalue weighted by molar-refractivity contribution is 5.79. The van der Waals surface area contributed by atoms with E-state index in [4.69, 9.17) is 4.98 Å². The average Bonchev–Trinajstić information content (AvgIpc) is 2.77. The first-order chi connectivity index (χ1) is 14.8. The molecule has 31 heavy (non-hydrogen) atoms. The van der Waals surface area contributed by atoms with Crippen molar-refractivity contribution in [2.45, 2.75) is 65.8 Å². The summed E-state index contributed by atoms with van der Waals surface area (Å²) in [7, 11) is 1.81. The highest BCUT2D eigenvalue weighted by Crippen LogP contribution is 2.24. The minimum atomic E-state index is -0.337. The highest BCUT2D eigenvalue weighted by atomic mass is 16.2. The van der Waals surface area contributed by atoms with Gasteiger partial charge in [0, 0.05) is 13.5 Å². The van der Waals surface area contributed by atoms with Gasteiger partial charge in [-0.3, -0.25) is 14.2 Å². The van der Waals surface area contributed by atoms with Gasteiger partial charge in [-0.2, -0.15) is 0 Å². The predicted octanol–water partition coefficient (Wildman–Crippen LogP) is 5.49. The van der Waals surface area contributed by atoms with Crippen LogP contribution in [0.2, 0.25) is 0 Å². The molecule has 1 heterocycles. The monoisotopic (exact) mass is 419 g/mol. The molecule has 0 aliphatic heterocycles. The van der Waals surface area contributed by atoms with E-state index in [1.807, 2.05) is 70.3 Å². The molecule has 3 rings (SSSR count). The summed E-state index contributed by atoms with van der Waals surface area (Å²) in [5.41, 5.74) is 3.42. The third-order valence-electron chi connectivity index (χ3n) is 6.00. The molecule has 0 N–H and O–H groups in total. The number of aromatic nitrogens is 2. The summed E-state index contributed by atoms with van der Waals surface area (Å²) in [5.74, 6) is 0.667. The van der Waals surface area contributed by atoms with Crippen molar-refractivity contribution in [3.05, 3.63) is 69.8 Å². The summed E-state index contributed by atoms with van der Waals surface area (Å²) in [4.78, 5) is 33.0. The number of nitrogens with zero attached hydrogens (tertiary/aromatic N) is 3. The molecule has 3 aromatic rings. The Balaban J connectivity index is 2.09. The summed E-state index contributed by atoms with van der Waals surface area (Å²) >= 11 is 0. The molecule has 0 spiro atoms. The number of benzene rings is 2. The zero-order valence-corrected chi connectivity index (χ0v) is 19.3. The van der Waals surface area contributed by atoms with Gasteiger partial charge in [0.1, 0.15) is 5.82 Å². The number of aryl methyl sites for hydroxylation is 2. The fourth-order valence-corrected chi connectivity index (χ4v) is 3.89. The Kier molecular flexibility index (Phi) is 7.26. The molecule has 0 radical (unpaired) electrons. The predicted molar refractivity (Wildman–Crippen MR) is 127 cm³/mol. The molecule has 0 bridgehead atoms. The number of carbonyl (C=O) groups is 1.